The van der Waals surface area contributed by atoms with Gasteiger partial charge < -0.3 is 20.3 Å². The van der Waals surface area contributed by atoms with Crippen molar-refractivity contribution in [1.29, 1.82) is 0 Å². The third-order valence-corrected chi connectivity index (χ3v) is 3.31. The van der Waals surface area contributed by atoms with Crippen LogP contribution in [0.5, 0.6) is 0 Å². The van der Waals surface area contributed by atoms with Crippen LogP contribution in [0.25, 0.3) is 0 Å². The summed E-state index contributed by atoms with van der Waals surface area (Å²) in [6, 6.07) is -0.281. The largest absolute Gasteiger partial charge is 0.388 e. The van der Waals surface area contributed by atoms with Crippen molar-refractivity contribution in [3.05, 3.63) is 11.7 Å². The fourth-order valence-electron chi connectivity index (χ4n) is 2.24. The third kappa shape index (κ3) is 4.20. The molecule has 1 saturated carbocycles. The van der Waals surface area contributed by atoms with E-state index in [0.717, 1.165) is 25.7 Å². The maximum Gasteiger partial charge on any atom is 0.314 e. The Morgan fingerprint density at radius 3 is 2.79 bits per heavy atom. The van der Waals surface area contributed by atoms with Crippen LogP contribution in [0.1, 0.15) is 37.4 Å². The van der Waals surface area contributed by atoms with Crippen molar-refractivity contribution in [2.75, 3.05) is 13.1 Å². The zero-order valence-electron chi connectivity index (χ0n) is 11.1. The summed E-state index contributed by atoms with van der Waals surface area (Å²) in [5, 5.41) is 19.1. The van der Waals surface area contributed by atoms with Crippen molar-refractivity contribution >= 4 is 6.03 Å². The summed E-state index contributed by atoms with van der Waals surface area (Å²) < 4.78 is 4.93. The van der Waals surface area contributed by atoms with Crippen LogP contribution < -0.4 is 10.6 Å². The number of nitrogens with one attached hydrogen (secondary N) is 2. The summed E-state index contributed by atoms with van der Waals surface area (Å²) in [7, 11) is 0. The number of hydrogen-bond acceptors (Lipinski definition) is 5. The number of aromatic nitrogens is 2. The van der Waals surface area contributed by atoms with Gasteiger partial charge in [0.2, 0.25) is 5.89 Å². The van der Waals surface area contributed by atoms with Gasteiger partial charge in [0.25, 0.3) is 0 Å². The van der Waals surface area contributed by atoms with Crippen molar-refractivity contribution in [2.45, 2.75) is 44.6 Å². The number of rotatable bonds is 5. The van der Waals surface area contributed by atoms with Gasteiger partial charge in [-0.25, -0.2) is 4.79 Å². The molecule has 106 valence electrons. The Morgan fingerprint density at radius 2 is 2.16 bits per heavy atom. The van der Waals surface area contributed by atoms with E-state index in [4.69, 9.17) is 4.52 Å². The summed E-state index contributed by atoms with van der Waals surface area (Å²) in [5.74, 6) is 1.09. The third-order valence-electron chi connectivity index (χ3n) is 3.31. The van der Waals surface area contributed by atoms with E-state index in [2.05, 4.69) is 20.8 Å². The molecule has 0 atom stereocenters. The molecule has 1 fully saturated rings. The first-order valence-electron chi connectivity index (χ1n) is 6.61. The first-order chi connectivity index (χ1) is 9.07. The van der Waals surface area contributed by atoms with Crippen LogP contribution in [0, 0.1) is 6.92 Å². The van der Waals surface area contributed by atoms with E-state index < -0.39 is 5.60 Å². The summed E-state index contributed by atoms with van der Waals surface area (Å²) in [5.41, 5.74) is -0.721. The van der Waals surface area contributed by atoms with Crippen molar-refractivity contribution in [2.24, 2.45) is 0 Å². The van der Waals surface area contributed by atoms with Gasteiger partial charge in [0.1, 0.15) is 0 Å². The Kier molecular flexibility index (Phi) is 4.36. The van der Waals surface area contributed by atoms with E-state index >= 15 is 0 Å². The molecule has 7 heteroatoms. The molecule has 1 aliphatic rings. The molecule has 1 aromatic rings. The van der Waals surface area contributed by atoms with Crippen LogP contribution in [0.2, 0.25) is 0 Å². The molecule has 19 heavy (non-hydrogen) atoms. The zero-order chi connectivity index (χ0) is 13.7. The number of carbonyl (C=O) groups is 1. The molecule has 1 aromatic heterocycles. The Morgan fingerprint density at radius 1 is 1.42 bits per heavy atom. The molecule has 0 unspecified atom stereocenters. The maximum atomic E-state index is 11.5. The SMILES string of the molecule is Cc1noc(CCNC(=O)NCC2(O)CCCC2)n1. The molecule has 2 rings (SSSR count). The van der Waals surface area contributed by atoms with Gasteiger partial charge in [0.05, 0.1) is 5.60 Å². The lowest BCUT2D eigenvalue weighted by Crippen LogP contribution is -2.45. The first kappa shape index (κ1) is 13.8. The van der Waals surface area contributed by atoms with Crippen molar-refractivity contribution < 1.29 is 14.4 Å². The van der Waals surface area contributed by atoms with E-state index in [-0.39, 0.29) is 6.03 Å². The highest BCUT2D eigenvalue weighted by molar-refractivity contribution is 5.73. The van der Waals surface area contributed by atoms with Gasteiger partial charge in [0, 0.05) is 19.5 Å². The van der Waals surface area contributed by atoms with Gasteiger partial charge in [-0.3, -0.25) is 0 Å². The van der Waals surface area contributed by atoms with E-state index in [1.807, 2.05) is 0 Å². The Hall–Kier alpha value is -1.63. The molecule has 0 aliphatic heterocycles. The fourth-order valence-corrected chi connectivity index (χ4v) is 2.24. The van der Waals surface area contributed by atoms with Crippen molar-refractivity contribution in [1.82, 2.24) is 20.8 Å². The van der Waals surface area contributed by atoms with Crippen LogP contribution in [0.4, 0.5) is 4.79 Å². The van der Waals surface area contributed by atoms with Gasteiger partial charge in [-0.1, -0.05) is 18.0 Å². The zero-order valence-corrected chi connectivity index (χ0v) is 11.1. The van der Waals surface area contributed by atoms with E-state index in [9.17, 15) is 9.90 Å². The van der Waals surface area contributed by atoms with Gasteiger partial charge in [-0.05, 0) is 19.8 Å². The molecule has 1 aliphatic carbocycles. The first-order valence-corrected chi connectivity index (χ1v) is 6.61. The lowest BCUT2D eigenvalue weighted by molar-refractivity contribution is 0.0501. The predicted molar refractivity (Wildman–Crippen MR) is 67.6 cm³/mol. The Bertz CT molecular complexity index is 426. The number of aryl methyl sites for hydroxylation is 1. The molecule has 2 amide bonds. The Balaban J connectivity index is 1.62. The number of carbonyl (C=O) groups excluding carboxylic acids is 1. The molecule has 0 aromatic carbocycles. The molecule has 0 radical (unpaired) electrons. The second kappa shape index (κ2) is 6.01. The predicted octanol–water partition coefficient (Wildman–Crippen LogP) is 0.525. The lowest BCUT2D eigenvalue weighted by Gasteiger charge is -2.22. The van der Waals surface area contributed by atoms with Crippen molar-refractivity contribution in [3.63, 3.8) is 0 Å². The topological polar surface area (TPSA) is 100 Å². The molecule has 1 heterocycles. The minimum atomic E-state index is -0.721. The minimum Gasteiger partial charge on any atom is -0.388 e. The summed E-state index contributed by atoms with van der Waals surface area (Å²) in [4.78, 5) is 15.6. The second-order valence-corrected chi connectivity index (χ2v) is 5.03. The molecule has 0 bridgehead atoms. The van der Waals surface area contributed by atoms with Crippen LogP contribution in [0.15, 0.2) is 4.52 Å². The Labute approximate surface area is 111 Å². The molecule has 3 N–H and O–H groups in total. The van der Waals surface area contributed by atoms with E-state index in [1.165, 1.54) is 0 Å². The lowest BCUT2D eigenvalue weighted by atomic mass is 10.0. The number of urea groups is 1. The van der Waals surface area contributed by atoms with Crippen molar-refractivity contribution in [3.8, 4) is 0 Å². The van der Waals surface area contributed by atoms with Gasteiger partial charge in [-0.2, -0.15) is 4.98 Å². The van der Waals surface area contributed by atoms with E-state index in [1.54, 1.807) is 6.92 Å². The average molecular weight is 268 g/mol. The van der Waals surface area contributed by atoms with Crippen LogP contribution in [0.3, 0.4) is 0 Å². The highest BCUT2D eigenvalue weighted by Gasteiger charge is 2.31. The van der Waals surface area contributed by atoms with Gasteiger partial charge in [-0.15, -0.1) is 0 Å². The number of nitrogens with zero attached hydrogens (tertiary/aromatic N) is 2. The van der Waals surface area contributed by atoms with Crippen LogP contribution in [-0.4, -0.2) is 40.0 Å². The quantitative estimate of drug-likeness (QED) is 0.723. The van der Waals surface area contributed by atoms with Gasteiger partial charge >= 0.3 is 6.03 Å². The monoisotopic (exact) mass is 268 g/mol. The van der Waals surface area contributed by atoms with E-state index in [0.29, 0.717) is 31.2 Å². The normalized spacial score (nSPS) is 17.4. The van der Waals surface area contributed by atoms with Gasteiger partial charge in [0.15, 0.2) is 5.82 Å². The molecular weight excluding hydrogens is 248 g/mol. The highest BCUT2D eigenvalue weighted by Crippen LogP contribution is 2.28. The molecule has 0 spiro atoms. The van der Waals surface area contributed by atoms with Crippen LogP contribution in [-0.2, 0) is 6.42 Å². The molecular formula is C12H20N4O3. The summed E-state index contributed by atoms with van der Waals surface area (Å²) in [6.07, 6.45) is 4.06. The second-order valence-electron chi connectivity index (χ2n) is 5.03. The fraction of sp³-hybridized carbons (Fsp3) is 0.750. The molecule has 7 nitrogen and oxygen atoms in total. The number of amides is 2. The van der Waals surface area contributed by atoms with Crippen LogP contribution >= 0.6 is 0 Å². The molecule has 0 saturated heterocycles. The standard InChI is InChI=1S/C12H20N4O3/c1-9-15-10(19-16-9)4-7-13-11(17)14-8-12(18)5-2-3-6-12/h18H,2-8H2,1H3,(H2,13,14,17). The average Bonchev–Trinajstić information content (AvgIpc) is 2.97. The number of hydrogen-bond donors (Lipinski definition) is 3. The minimum absolute atomic E-state index is 0.281. The summed E-state index contributed by atoms with van der Waals surface area (Å²) in [6.45, 7) is 2.47. The highest BCUT2D eigenvalue weighted by atomic mass is 16.5. The summed E-state index contributed by atoms with van der Waals surface area (Å²) >= 11 is 0. The number of aliphatic hydroxyl groups is 1. The smallest absolute Gasteiger partial charge is 0.314 e. The maximum absolute atomic E-state index is 11.5.